The molecule has 0 fully saturated rings. The van der Waals surface area contributed by atoms with Gasteiger partial charge in [-0.05, 0) is 50.3 Å². The van der Waals surface area contributed by atoms with E-state index in [0.717, 1.165) is 35.1 Å². The molecular weight excluding hydrogens is 336 g/mol. The van der Waals surface area contributed by atoms with E-state index in [1.165, 1.54) is 5.56 Å². The summed E-state index contributed by atoms with van der Waals surface area (Å²) < 4.78 is 11.5. The highest BCUT2D eigenvalue weighted by atomic mass is 16.7. The van der Waals surface area contributed by atoms with Gasteiger partial charge in [-0.2, -0.15) is 0 Å². The number of carbonyl (C=O) groups excluding carboxylic acids is 1. The van der Waals surface area contributed by atoms with Crippen LogP contribution in [0.3, 0.4) is 0 Å². The number of rotatable bonds is 8. The lowest BCUT2D eigenvalue weighted by atomic mass is 9.79. The van der Waals surface area contributed by atoms with E-state index < -0.39 is 0 Å². The first-order chi connectivity index (χ1) is 13.1. The summed E-state index contributed by atoms with van der Waals surface area (Å²) in [5.74, 6) is 0.383. The van der Waals surface area contributed by atoms with E-state index in [2.05, 4.69) is 18.2 Å². The van der Waals surface area contributed by atoms with Gasteiger partial charge in [-0.1, -0.05) is 54.1 Å². The number of aryl methyl sites for hydroxylation is 1. The smallest absolute Gasteiger partial charge is 0.193 e. The number of hydrogen-bond acceptors (Lipinski definition) is 3. The van der Waals surface area contributed by atoms with Gasteiger partial charge in [-0.25, -0.2) is 0 Å². The number of carbonyl (C=O) groups is 1. The largest absolute Gasteiger partial charge is 0.353 e. The molecule has 0 heterocycles. The second-order valence-electron chi connectivity index (χ2n) is 6.91. The van der Waals surface area contributed by atoms with Crippen molar-refractivity contribution in [1.82, 2.24) is 0 Å². The topological polar surface area (TPSA) is 35.5 Å². The van der Waals surface area contributed by atoms with Crippen LogP contribution in [0, 0.1) is 6.92 Å². The van der Waals surface area contributed by atoms with Crippen molar-refractivity contribution in [2.75, 3.05) is 13.2 Å². The summed E-state index contributed by atoms with van der Waals surface area (Å²) in [5.41, 5.74) is 4.89. The maximum atomic E-state index is 13.1. The van der Waals surface area contributed by atoms with Gasteiger partial charge in [-0.3, -0.25) is 4.79 Å². The summed E-state index contributed by atoms with van der Waals surface area (Å²) in [6.45, 7) is 7.24. The predicted octanol–water partition coefficient (Wildman–Crippen LogP) is 5.54. The lowest BCUT2D eigenvalue weighted by Crippen LogP contribution is -2.22. The SMILES string of the molecule is CCOC(CC1CC=C(C(=O)c2cccc(C)c2)c2ccccc21)OCC. The molecule has 1 aliphatic carbocycles. The minimum atomic E-state index is -0.208. The molecule has 2 aromatic carbocycles. The van der Waals surface area contributed by atoms with E-state index in [9.17, 15) is 4.79 Å². The zero-order valence-corrected chi connectivity index (χ0v) is 16.4. The maximum absolute atomic E-state index is 13.1. The molecule has 0 saturated heterocycles. The van der Waals surface area contributed by atoms with Crippen molar-refractivity contribution >= 4 is 11.4 Å². The van der Waals surface area contributed by atoms with Crippen LogP contribution in [0.1, 0.15) is 59.7 Å². The molecule has 0 radical (unpaired) electrons. The Morgan fingerprint density at radius 2 is 1.81 bits per heavy atom. The highest BCUT2D eigenvalue weighted by molar-refractivity contribution is 6.29. The van der Waals surface area contributed by atoms with Crippen molar-refractivity contribution in [1.29, 1.82) is 0 Å². The predicted molar refractivity (Wildman–Crippen MR) is 109 cm³/mol. The van der Waals surface area contributed by atoms with Gasteiger partial charge < -0.3 is 9.47 Å². The van der Waals surface area contributed by atoms with E-state index >= 15 is 0 Å². The van der Waals surface area contributed by atoms with Gasteiger partial charge in [0.15, 0.2) is 12.1 Å². The summed E-state index contributed by atoms with van der Waals surface area (Å²) in [6.07, 6.45) is 3.49. The van der Waals surface area contributed by atoms with Crippen LogP contribution in [0.4, 0.5) is 0 Å². The van der Waals surface area contributed by atoms with E-state index in [1.54, 1.807) is 0 Å². The number of ether oxygens (including phenoxy) is 2. The van der Waals surface area contributed by atoms with Crippen molar-refractivity contribution in [2.24, 2.45) is 0 Å². The number of benzene rings is 2. The molecule has 1 atom stereocenters. The third-order valence-corrected chi connectivity index (χ3v) is 5.00. The minimum Gasteiger partial charge on any atom is -0.353 e. The maximum Gasteiger partial charge on any atom is 0.193 e. The normalized spacial score (nSPS) is 16.1. The summed E-state index contributed by atoms with van der Waals surface area (Å²) in [7, 11) is 0. The Labute approximate surface area is 162 Å². The third-order valence-electron chi connectivity index (χ3n) is 5.00. The zero-order valence-electron chi connectivity index (χ0n) is 16.4. The summed E-state index contributed by atoms with van der Waals surface area (Å²) >= 11 is 0. The average molecular weight is 364 g/mol. The lowest BCUT2D eigenvalue weighted by Gasteiger charge is -2.28. The number of allylic oxidation sites excluding steroid dienone is 2. The van der Waals surface area contributed by atoms with Gasteiger partial charge in [0.05, 0.1) is 0 Å². The molecule has 0 aliphatic heterocycles. The molecule has 2 aromatic rings. The molecule has 0 saturated carbocycles. The van der Waals surface area contributed by atoms with E-state index in [0.29, 0.717) is 19.1 Å². The van der Waals surface area contributed by atoms with Gasteiger partial charge in [0.25, 0.3) is 0 Å². The highest BCUT2D eigenvalue weighted by Gasteiger charge is 2.27. The Hall–Kier alpha value is -2.23. The molecule has 27 heavy (non-hydrogen) atoms. The van der Waals surface area contributed by atoms with Gasteiger partial charge in [-0.15, -0.1) is 0 Å². The summed E-state index contributed by atoms with van der Waals surface area (Å²) in [4.78, 5) is 13.1. The molecule has 0 N–H and O–H groups in total. The quantitative estimate of drug-likeness (QED) is 0.456. The van der Waals surface area contributed by atoms with Crippen molar-refractivity contribution in [3.63, 3.8) is 0 Å². The third kappa shape index (κ3) is 4.55. The van der Waals surface area contributed by atoms with Crippen LogP contribution in [0.2, 0.25) is 0 Å². The van der Waals surface area contributed by atoms with Crippen LogP contribution in [0.5, 0.6) is 0 Å². The van der Waals surface area contributed by atoms with Crippen LogP contribution in [-0.4, -0.2) is 25.3 Å². The molecule has 0 amide bonds. The molecule has 142 valence electrons. The molecule has 1 aliphatic rings. The Bertz CT molecular complexity index is 816. The molecule has 3 heteroatoms. The molecular formula is C24H28O3. The number of ketones is 1. The monoisotopic (exact) mass is 364 g/mol. The van der Waals surface area contributed by atoms with Crippen LogP contribution < -0.4 is 0 Å². The van der Waals surface area contributed by atoms with Crippen LogP contribution in [0.15, 0.2) is 54.6 Å². The first-order valence-electron chi connectivity index (χ1n) is 9.78. The van der Waals surface area contributed by atoms with Crippen LogP contribution in [-0.2, 0) is 9.47 Å². The minimum absolute atomic E-state index is 0.0933. The fourth-order valence-corrected chi connectivity index (χ4v) is 3.76. The first kappa shape index (κ1) is 19.5. The Kier molecular flexibility index (Phi) is 6.59. The first-order valence-corrected chi connectivity index (χ1v) is 9.78. The zero-order chi connectivity index (χ0) is 19.2. The summed E-state index contributed by atoms with van der Waals surface area (Å²) in [6, 6.07) is 16.0. The van der Waals surface area contributed by atoms with Crippen molar-refractivity contribution < 1.29 is 14.3 Å². The number of fused-ring (bicyclic) bond motifs is 1. The molecule has 3 rings (SSSR count). The standard InChI is InChI=1S/C24H28O3/c1-4-26-23(27-5-2)16-18-13-14-22(21-12-7-6-11-20(18)21)24(25)19-10-8-9-17(3)15-19/h6-12,14-15,18,23H,4-5,13,16H2,1-3H3. The lowest BCUT2D eigenvalue weighted by molar-refractivity contribution is -0.142. The molecule has 0 spiro atoms. The fraction of sp³-hybridized carbons (Fsp3) is 0.375. The van der Waals surface area contributed by atoms with Crippen LogP contribution in [0.25, 0.3) is 5.57 Å². The van der Waals surface area contributed by atoms with E-state index in [1.807, 2.05) is 57.2 Å². The van der Waals surface area contributed by atoms with Crippen LogP contribution >= 0.6 is 0 Å². The number of Topliss-reactive ketones (excluding diaryl/α,β-unsaturated/α-hetero) is 1. The van der Waals surface area contributed by atoms with Gasteiger partial charge in [0.2, 0.25) is 0 Å². The van der Waals surface area contributed by atoms with Crippen molar-refractivity contribution in [3.05, 3.63) is 76.9 Å². The van der Waals surface area contributed by atoms with E-state index in [-0.39, 0.29) is 12.1 Å². The molecule has 0 bridgehead atoms. The van der Waals surface area contributed by atoms with Crippen molar-refractivity contribution in [3.8, 4) is 0 Å². The second-order valence-corrected chi connectivity index (χ2v) is 6.91. The van der Waals surface area contributed by atoms with Gasteiger partial charge >= 0.3 is 0 Å². The highest BCUT2D eigenvalue weighted by Crippen LogP contribution is 2.38. The van der Waals surface area contributed by atoms with E-state index in [4.69, 9.17) is 9.47 Å². The summed E-state index contributed by atoms with van der Waals surface area (Å²) in [5, 5.41) is 0. The van der Waals surface area contributed by atoms with Gasteiger partial charge in [0, 0.05) is 30.8 Å². The van der Waals surface area contributed by atoms with Crippen molar-refractivity contribution in [2.45, 2.75) is 45.8 Å². The van der Waals surface area contributed by atoms with Gasteiger partial charge in [0.1, 0.15) is 0 Å². The second kappa shape index (κ2) is 9.12. The number of hydrogen-bond donors (Lipinski definition) is 0. The Morgan fingerprint density at radius 1 is 1.07 bits per heavy atom. The molecule has 1 unspecified atom stereocenters. The Morgan fingerprint density at radius 3 is 2.52 bits per heavy atom. The molecule has 3 nitrogen and oxygen atoms in total. The molecule has 0 aromatic heterocycles. The average Bonchev–Trinajstić information content (AvgIpc) is 2.68. The Balaban J connectivity index is 1.88. The fourth-order valence-electron chi connectivity index (χ4n) is 3.76.